The van der Waals surface area contributed by atoms with Crippen LogP contribution in [0, 0.1) is 6.92 Å². The molecule has 0 N–H and O–H groups in total. The van der Waals surface area contributed by atoms with Gasteiger partial charge in [-0.15, -0.1) is 0 Å². The third-order valence-electron chi connectivity index (χ3n) is 2.19. The highest BCUT2D eigenvalue weighted by molar-refractivity contribution is 5.87. The highest BCUT2D eigenvalue weighted by Gasteiger charge is 1.98. The van der Waals surface area contributed by atoms with Crippen LogP contribution in [-0.2, 0) is 11.2 Å². The monoisotopic (exact) mass is 182 g/mol. The van der Waals surface area contributed by atoms with Gasteiger partial charge in [-0.25, -0.2) is 0 Å². The lowest BCUT2D eigenvalue weighted by atomic mass is 10.0. The van der Waals surface area contributed by atoms with Gasteiger partial charge in [0.15, 0.2) is 0 Å². The van der Waals surface area contributed by atoms with Crippen molar-refractivity contribution in [3.8, 4) is 0 Å². The second kappa shape index (κ2) is 3.62. The fraction of sp³-hybridized carbons (Fsp3) is 0.0769. The average molecular weight is 182 g/mol. The van der Waals surface area contributed by atoms with Crippen LogP contribution in [0.15, 0.2) is 42.5 Å². The van der Waals surface area contributed by atoms with E-state index in [9.17, 15) is 4.79 Å². The van der Waals surface area contributed by atoms with E-state index in [1.54, 1.807) is 0 Å². The van der Waals surface area contributed by atoms with Crippen molar-refractivity contribution in [1.29, 1.82) is 0 Å². The van der Waals surface area contributed by atoms with Crippen LogP contribution in [0.5, 0.6) is 0 Å². The zero-order chi connectivity index (χ0) is 9.97. The first-order valence-corrected chi connectivity index (χ1v) is 4.52. The minimum atomic E-state index is -0.291. The molecular weight excluding hydrogens is 172 g/mol. The van der Waals surface area contributed by atoms with Gasteiger partial charge in [-0.1, -0.05) is 42.5 Å². The number of rotatable bonds is 2. The lowest BCUT2D eigenvalue weighted by Gasteiger charge is -2.00. The molecule has 0 fully saturated rings. The van der Waals surface area contributed by atoms with E-state index in [-0.39, 0.29) is 5.78 Å². The molecule has 1 heteroatoms. The van der Waals surface area contributed by atoms with Crippen molar-refractivity contribution in [3.63, 3.8) is 0 Å². The number of hydrogen-bond acceptors (Lipinski definition) is 1. The molecule has 2 radical (unpaired) electrons. The molecule has 0 aromatic heterocycles. The van der Waals surface area contributed by atoms with Gasteiger partial charge in [-0.05, 0) is 16.3 Å². The molecule has 2 aromatic carbocycles. The second-order valence-electron chi connectivity index (χ2n) is 3.32. The molecule has 0 saturated heterocycles. The maximum absolute atomic E-state index is 10.7. The normalized spacial score (nSPS) is 10.4. The molecule has 0 bridgehead atoms. The summed E-state index contributed by atoms with van der Waals surface area (Å²) in [7, 11) is 0. The molecule has 68 valence electrons. The molecule has 0 saturated carbocycles. The van der Waals surface area contributed by atoms with Crippen molar-refractivity contribution >= 4 is 16.6 Å². The molecule has 0 heterocycles. The van der Waals surface area contributed by atoms with Gasteiger partial charge in [0.1, 0.15) is 5.78 Å². The van der Waals surface area contributed by atoms with Crippen molar-refractivity contribution in [1.82, 2.24) is 0 Å². The summed E-state index contributed by atoms with van der Waals surface area (Å²) in [6, 6.07) is 14.0. The van der Waals surface area contributed by atoms with E-state index in [0.29, 0.717) is 6.42 Å². The van der Waals surface area contributed by atoms with Crippen LogP contribution in [0.1, 0.15) is 5.56 Å². The second-order valence-corrected chi connectivity index (χ2v) is 3.32. The van der Waals surface area contributed by atoms with E-state index < -0.39 is 0 Å². The molecule has 14 heavy (non-hydrogen) atoms. The fourth-order valence-electron chi connectivity index (χ4n) is 1.55. The van der Waals surface area contributed by atoms with Gasteiger partial charge in [-0.3, -0.25) is 4.79 Å². The number of carbonyl (C=O) groups is 1. The summed E-state index contributed by atoms with van der Waals surface area (Å²) in [4.78, 5) is 10.7. The maximum Gasteiger partial charge on any atom is 0.141 e. The fourth-order valence-corrected chi connectivity index (χ4v) is 1.55. The number of ketones is 1. The molecule has 0 spiro atoms. The lowest BCUT2D eigenvalue weighted by molar-refractivity contribution is -0.114. The largest absolute Gasteiger partial charge is 0.299 e. The Morgan fingerprint density at radius 2 is 1.79 bits per heavy atom. The van der Waals surface area contributed by atoms with Gasteiger partial charge in [0, 0.05) is 13.3 Å². The third kappa shape index (κ3) is 1.82. The van der Waals surface area contributed by atoms with Crippen molar-refractivity contribution in [2.45, 2.75) is 6.42 Å². The third-order valence-corrected chi connectivity index (χ3v) is 2.19. The van der Waals surface area contributed by atoms with E-state index in [4.69, 9.17) is 6.92 Å². The zero-order valence-electron chi connectivity index (χ0n) is 7.73. The van der Waals surface area contributed by atoms with Gasteiger partial charge < -0.3 is 0 Å². The quantitative estimate of drug-likeness (QED) is 0.697. The molecular formula is C13H10O. The van der Waals surface area contributed by atoms with Crippen LogP contribution in [0.3, 0.4) is 0 Å². The first kappa shape index (κ1) is 8.95. The molecule has 0 atom stereocenters. The smallest absolute Gasteiger partial charge is 0.141 e. The maximum atomic E-state index is 10.7. The Kier molecular flexibility index (Phi) is 2.32. The molecule has 0 aliphatic carbocycles. The summed E-state index contributed by atoms with van der Waals surface area (Å²) < 4.78 is 0. The first-order valence-electron chi connectivity index (χ1n) is 4.52. The van der Waals surface area contributed by atoms with E-state index in [2.05, 4.69) is 0 Å². The Hall–Kier alpha value is -1.63. The Morgan fingerprint density at radius 1 is 1.07 bits per heavy atom. The predicted molar refractivity (Wildman–Crippen MR) is 57.0 cm³/mol. The summed E-state index contributed by atoms with van der Waals surface area (Å²) in [5.41, 5.74) is 0.969. The summed E-state index contributed by atoms with van der Waals surface area (Å²) in [5.74, 6) is -0.291. The number of fused-ring (bicyclic) bond motifs is 1. The van der Waals surface area contributed by atoms with Crippen LogP contribution in [0.25, 0.3) is 10.8 Å². The molecule has 0 amide bonds. The first-order chi connectivity index (χ1) is 6.75. The van der Waals surface area contributed by atoms with Crippen LogP contribution < -0.4 is 0 Å². The molecule has 2 rings (SSSR count). The summed E-state index contributed by atoms with van der Waals surface area (Å²) in [6.45, 7) is 5.13. The van der Waals surface area contributed by atoms with Crippen molar-refractivity contribution in [2.24, 2.45) is 0 Å². The number of benzene rings is 2. The summed E-state index contributed by atoms with van der Waals surface area (Å²) >= 11 is 0. The van der Waals surface area contributed by atoms with E-state index in [1.165, 1.54) is 5.39 Å². The summed E-state index contributed by atoms with van der Waals surface area (Å²) in [6.07, 6.45) is 0.310. The summed E-state index contributed by atoms with van der Waals surface area (Å²) in [5, 5.41) is 2.33. The highest BCUT2D eigenvalue weighted by Crippen LogP contribution is 2.15. The molecule has 0 aliphatic heterocycles. The van der Waals surface area contributed by atoms with Gasteiger partial charge >= 0.3 is 0 Å². The number of Topliss-reactive ketones (excluding diaryl/α,β-unsaturated/α-hetero) is 1. The Balaban J connectivity index is 2.46. The topological polar surface area (TPSA) is 17.1 Å². The molecule has 0 aliphatic rings. The molecule has 1 nitrogen and oxygen atoms in total. The average Bonchev–Trinajstić information content (AvgIpc) is 2.17. The molecule has 0 unspecified atom stereocenters. The number of carbonyl (C=O) groups excluding carboxylic acids is 1. The van der Waals surface area contributed by atoms with Crippen molar-refractivity contribution < 1.29 is 4.79 Å². The molecule has 2 aromatic rings. The number of hydrogen-bond donors (Lipinski definition) is 0. The lowest BCUT2D eigenvalue weighted by Crippen LogP contribution is -1.95. The van der Waals surface area contributed by atoms with Crippen LogP contribution in [-0.4, -0.2) is 5.78 Å². The van der Waals surface area contributed by atoms with Crippen molar-refractivity contribution in [2.75, 3.05) is 0 Å². The Bertz CT molecular complexity index is 471. The van der Waals surface area contributed by atoms with Crippen LogP contribution in [0.4, 0.5) is 0 Å². The highest BCUT2D eigenvalue weighted by atomic mass is 16.1. The van der Waals surface area contributed by atoms with Crippen LogP contribution >= 0.6 is 0 Å². The minimum Gasteiger partial charge on any atom is -0.299 e. The van der Waals surface area contributed by atoms with Crippen LogP contribution in [0.2, 0.25) is 0 Å². The SMILES string of the molecule is [CH]C(=O)Cc1ccc2ccccc2c1. The van der Waals surface area contributed by atoms with E-state index in [0.717, 1.165) is 10.9 Å². The Morgan fingerprint density at radius 3 is 2.50 bits per heavy atom. The van der Waals surface area contributed by atoms with Gasteiger partial charge in [0.05, 0.1) is 0 Å². The minimum absolute atomic E-state index is 0.291. The van der Waals surface area contributed by atoms with Crippen molar-refractivity contribution in [3.05, 3.63) is 55.0 Å². The Labute approximate surface area is 83.4 Å². The van der Waals surface area contributed by atoms with Gasteiger partial charge in [0.2, 0.25) is 0 Å². The van der Waals surface area contributed by atoms with E-state index >= 15 is 0 Å². The van der Waals surface area contributed by atoms with Gasteiger partial charge in [-0.2, -0.15) is 0 Å². The van der Waals surface area contributed by atoms with E-state index in [1.807, 2.05) is 42.5 Å². The predicted octanol–water partition coefficient (Wildman–Crippen LogP) is 2.66. The standard InChI is InChI=1S/C13H10O/c1-10(14)8-11-6-7-12-4-2-3-5-13(12)9-11/h1-7,9H,8H2. The zero-order valence-corrected chi connectivity index (χ0v) is 7.73. The van der Waals surface area contributed by atoms with Gasteiger partial charge in [0.25, 0.3) is 0 Å².